The summed E-state index contributed by atoms with van der Waals surface area (Å²) in [5.41, 5.74) is 5.93. The molecule has 2 heteroatoms. The number of hydrogen-bond donors (Lipinski definition) is 2. The lowest BCUT2D eigenvalue weighted by molar-refractivity contribution is 0.397. The van der Waals surface area contributed by atoms with Crippen LogP contribution in [0.25, 0.3) is 0 Å². The third-order valence-corrected chi connectivity index (χ3v) is 2.49. The Morgan fingerprint density at radius 1 is 1.29 bits per heavy atom. The molecular weight excluding hydrogens is 172 g/mol. The third kappa shape index (κ3) is 7.10. The highest BCUT2D eigenvalue weighted by molar-refractivity contribution is 4.83. The second-order valence-corrected chi connectivity index (χ2v) is 4.32. The minimum atomic E-state index is 0.292. The summed E-state index contributed by atoms with van der Waals surface area (Å²) < 4.78 is 0. The Balaban J connectivity index is 3.73. The van der Waals surface area contributed by atoms with E-state index >= 15 is 0 Å². The molecule has 0 heterocycles. The summed E-state index contributed by atoms with van der Waals surface area (Å²) >= 11 is 0. The molecule has 0 saturated carbocycles. The van der Waals surface area contributed by atoms with Crippen LogP contribution in [0.3, 0.4) is 0 Å². The van der Waals surface area contributed by atoms with Gasteiger partial charge in [-0.3, -0.25) is 0 Å². The van der Waals surface area contributed by atoms with E-state index < -0.39 is 0 Å². The Bertz CT molecular complexity index is 150. The lowest BCUT2D eigenvalue weighted by Gasteiger charge is -2.20. The third-order valence-electron chi connectivity index (χ3n) is 2.49. The first-order valence-corrected chi connectivity index (χ1v) is 5.68. The van der Waals surface area contributed by atoms with Gasteiger partial charge in [-0.25, -0.2) is 0 Å². The number of nitrogens with one attached hydrogen (secondary N) is 1. The predicted molar refractivity (Wildman–Crippen MR) is 64.3 cm³/mol. The fraction of sp³-hybridized carbons (Fsp3) is 0.833. The molecule has 0 aliphatic rings. The normalized spacial score (nSPS) is 16.4. The quantitative estimate of drug-likeness (QED) is 0.616. The monoisotopic (exact) mass is 198 g/mol. The van der Waals surface area contributed by atoms with Gasteiger partial charge in [-0.05, 0) is 39.2 Å². The second-order valence-electron chi connectivity index (χ2n) is 4.32. The average Bonchev–Trinajstić information content (AvgIpc) is 2.09. The van der Waals surface area contributed by atoms with Gasteiger partial charge in [-0.2, -0.15) is 0 Å². The Morgan fingerprint density at radius 2 is 1.93 bits per heavy atom. The molecule has 0 radical (unpaired) electrons. The Morgan fingerprint density at radius 3 is 2.36 bits per heavy atom. The van der Waals surface area contributed by atoms with Crippen molar-refractivity contribution >= 4 is 0 Å². The molecule has 0 aliphatic carbocycles. The van der Waals surface area contributed by atoms with Gasteiger partial charge in [-0.1, -0.05) is 26.0 Å². The fourth-order valence-corrected chi connectivity index (χ4v) is 1.46. The zero-order chi connectivity index (χ0) is 11.0. The van der Waals surface area contributed by atoms with Crippen molar-refractivity contribution in [2.45, 2.75) is 52.6 Å². The molecule has 2 nitrogen and oxygen atoms in total. The lowest BCUT2D eigenvalue weighted by Crippen LogP contribution is -2.31. The highest BCUT2D eigenvalue weighted by Gasteiger charge is 2.11. The topological polar surface area (TPSA) is 38.0 Å². The van der Waals surface area contributed by atoms with Gasteiger partial charge in [0.25, 0.3) is 0 Å². The number of hydrogen-bond acceptors (Lipinski definition) is 2. The Hall–Kier alpha value is -0.340. The van der Waals surface area contributed by atoms with E-state index in [1.54, 1.807) is 0 Å². The van der Waals surface area contributed by atoms with E-state index in [0.717, 1.165) is 13.0 Å². The van der Waals surface area contributed by atoms with E-state index in [0.29, 0.717) is 18.0 Å². The van der Waals surface area contributed by atoms with Crippen molar-refractivity contribution in [2.24, 2.45) is 11.7 Å². The van der Waals surface area contributed by atoms with E-state index in [1.165, 1.54) is 6.42 Å². The van der Waals surface area contributed by atoms with Crippen LogP contribution >= 0.6 is 0 Å². The molecular formula is C12H26N2. The molecule has 0 spiro atoms. The summed E-state index contributed by atoms with van der Waals surface area (Å²) in [7, 11) is 0. The first-order chi connectivity index (χ1) is 6.57. The van der Waals surface area contributed by atoms with Gasteiger partial charge in [0.2, 0.25) is 0 Å². The van der Waals surface area contributed by atoms with Crippen LogP contribution in [0, 0.1) is 5.92 Å². The first kappa shape index (κ1) is 13.7. The molecule has 0 aromatic rings. The van der Waals surface area contributed by atoms with E-state index in [2.05, 4.69) is 45.2 Å². The van der Waals surface area contributed by atoms with Gasteiger partial charge >= 0.3 is 0 Å². The van der Waals surface area contributed by atoms with E-state index in [-0.39, 0.29) is 0 Å². The Labute approximate surface area is 89.0 Å². The van der Waals surface area contributed by atoms with E-state index in [1.807, 2.05) is 0 Å². The van der Waals surface area contributed by atoms with Crippen molar-refractivity contribution < 1.29 is 0 Å². The van der Waals surface area contributed by atoms with Crippen molar-refractivity contribution in [3.8, 4) is 0 Å². The molecule has 3 N–H and O–H groups in total. The van der Waals surface area contributed by atoms with Crippen molar-refractivity contribution in [3.05, 3.63) is 12.2 Å². The number of nitrogens with two attached hydrogens (primary N) is 1. The molecule has 0 fully saturated rings. The number of allylic oxidation sites excluding steroid dienone is 2. The highest BCUT2D eigenvalue weighted by Crippen LogP contribution is 2.12. The van der Waals surface area contributed by atoms with E-state index in [4.69, 9.17) is 5.73 Å². The van der Waals surface area contributed by atoms with Crippen molar-refractivity contribution in [2.75, 3.05) is 6.54 Å². The maximum absolute atomic E-state index is 5.93. The summed E-state index contributed by atoms with van der Waals surface area (Å²) in [5.74, 6) is 0.609. The molecule has 0 aromatic heterocycles. The van der Waals surface area contributed by atoms with Crippen LogP contribution in [0.4, 0.5) is 0 Å². The summed E-state index contributed by atoms with van der Waals surface area (Å²) in [5, 5.41) is 3.43. The zero-order valence-corrected chi connectivity index (χ0v) is 10.1. The van der Waals surface area contributed by atoms with Crippen molar-refractivity contribution in [3.63, 3.8) is 0 Å². The SMILES string of the molecule is C/C=C\CC(CCNC(C)C)C(C)N. The van der Waals surface area contributed by atoms with Gasteiger partial charge in [-0.15, -0.1) is 0 Å². The maximum Gasteiger partial charge on any atom is 0.00421 e. The largest absolute Gasteiger partial charge is 0.328 e. The summed E-state index contributed by atoms with van der Waals surface area (Å²) in [6, 6.07) is 0.866. The van der Waals surface area contributed by atoms with Crippen LogP contribution in [0.1, 0.15) is 40.5 Å². The molecule has 0 aromatic carbocycles. The predicted octanol–water partition coefficient (Wildman–Crippen LogP) is 2.30. The average molecular weight is 198 g/mol. The Kier molecular flexibility index (Phi) is 7.81. The molecule has 2 atom stereocenters. The highest BCUT2D eigenvalue weighted by atomic mass is 14.9. The van der Waals surface area contributed by atoms with Gasteiger partial charge in [0.05, 0.1) is 0 Å². The van der Waals surface area contributed by atoms with Gasteiger partial charge in [0, 0.05) is 12.1 Å². The zero-order valence-electron chi connectivity index (χ0n) is 10.1. The molecule has 0 bridgehead atoms. The van der Waals surface area contributed by atoms with Crippen LogP contribution in [0.15, 0.2) is 12.2 Å². The second kappa shape index (κ2) is 8.01. The number of rotatable bonds is 7. The molecule has 84 valence electrons. The van der Waals surface area contributed by atoms with Crippen LogP contribution < -0.4 is 11.1 Å². The van der Waals surface area contributed by atoms with Crippen molar-refractivity contribution in [1.29, 1.82) is 0 Å². The van der Waals surface area contributed by atoms with Gasteiger partial charge in [0.1, 0.15) is 0 Å². The summed E-state index contributed by atoms with van der Waals surface area (Å²) in [6.07, 6.45) is 6.59. The summed E-state index contributed by atoms with van der Waals surface area (Å²) in [6.45, 7) is 9.58. The molecule has 2 unspecified atom stereocenters. The first-order valence-electron chi connectivity index (χ1n) is 5.68. The molecule has 14 heavy (non-hydrogen) atoms. The molecule has 0 saturated heterocycles. The van der Waals surface area contributed by atoms with Crippen LogP contribution in [-0.2, 0) is 0 Å². The van der Waals surface area contributed by atoms with Crippen molar-refractivity contribution in [1.82, 2.24) is 5.32 Å². The standard InChI is InChI=1S/C12H26N2/c1-5-6-7-12(11(4)13)8-9-14-10(2)3/h5-6,10-12,14H,7-9,13H2,1-4H3/b6-5-. The van der Waals surface area contributed by atoms with Crippen LogP contribution in [-0.4, -0.2) is 18.6 Å². The summed E-state index contributed by atoms with van der Waals surface area (Å²) in [4.78, 5) is 0. The van der Waals surface area contributed by atoms with E-state index in [9.17, 15) is 0 Å². The smallest absolute Gasteiger partial charge is 0.00421 e. The van der Waals surface area contributed by atoms with Crippen LogP contribution in [0.5, 0.6) is 0 Å². The minimum absolute atomic E-state index is 0.292. The van der Waals surface area contributed by atoms with Crippen LogP contribution in [0.2, 0.25) is 0 Å². The van der Waals surface area contributed by atoms with Gasteiger partial charge in [0.15, 0.2) is 0 Å². The lowest BCUT2D eigenvalue weighted by atomic mass is 9.94. The van der Waals surface area contributed by atoms with Gasteiger partial charge < -0.3 is 11.1 Å². The maximum atomic E-state index is 5.93. The fourth-order valence-electron chi connectivity index (χ4n) is 1.46. The minimum Gasteiger partial charge on any atom is -0.328 e. The molecule has 0 aliphatic heterocycles. The molecule has 0 rings (SSSR count). The molecule has 0 amide bonds.